The Morgan fingerprint density at radius 2 is 2.06 bits per heavy atom. The maximum Gasteiger partial charge on any atom is 0.363 e. The lowest BCUT2D eigenvalue weighted by Gasteiger charge is -1.89. The molecular weight excluding hydrogens is 208 g/mol. The molecule has 0 atom stereocenters. The summed E-state index contributed by atoms with van der Waals surface area (Å²) < 4.78 is 0. The fraction of sp³-hybridized carbons (Fsp3) is 0. The molecule has 6 heteroatoms. The van der Waals surface area contributed by atoms with Crippen LogP contribution in [0.1, 0.15) is 11.1 Å². The Kier molecular flexibility index (Phi) is 2.61. The van der Waals surface area contributed by atoms with Gasteiger partial charge in [0.2, 0.25) is 0 Å². The van der Waals surface area contributed by atoms with E-state index >= 15 is 0 Å². The van der Waals surface area contributed by atoms with Crippen molar-refractivity contribution in [2.24, 2.45) is 0 Å². The highest BCUT2D eigenvalue weighted by molar-refractivity contribution is 5.41. The van der Waals surface area contributed by atoms with E-state index < -0.39 is 4.92 Å². The van der Waals surface area contributed by atoms with Crippen molar-refractivity contribution >= 4 is 5.82 Å². The van der Waals surface area contributed by atoms with Crippen molar-refractivity contribution in [2.45, 2.75) is 0 Å². The Hall–Kier alpha value is -2.68. The smallest absolute Gasteiger partial charge is 0.358 e. The Bertz CT molecular complexity index is 549. The first-order valence-corrected chi connectivity index (χ1v) is 4.37. The van der Waals surface area contributed by atoms with Crippen molar-refractivity contribution in [1.82, 2.24) is 15.2 Å². The van der Waals surface area contributed by atoms with Gasteiger partial charge in [0, 0.05) is 12.3 Å². The zero-order valence-electron chi connectivity index (χ0n) is 8.04. The molecule has 0 bridgehead atoms. The quantitative estimate of drug-likeness (QED) is 0.437. The minimum Gasteiger partial charge on any atom is -0.358 e. The van der Waals surface area contributed by atoms with E-state index in [1.165, 1.54) is 12.3 Å². The Balaban J connectivity index is 2.20. The van der Waals surface area contributed by atoms with E-state index in [4.69, 9.17) is 0 Å². The predicted molar refractivity (Wildman–Crippen MR) is 55.5 cm³/mol. The number of aromatic nitrogens is 3. The van der Waals surface area contributed by atoms with Gasteiger partial charge in [0.05, 0.1) is 17.3 Å². The Morgan fingerprint density at radius 1 is 1.25 bits per heavy atom. The highest BCUT2D eigenvalue weighted by atomic mass is 16.6. The summed E-state index contributed by atoms with van der Waals surface area (Å²) in [4.78, 5) is 13.5. The van der Waals surface area contributed by atoms with Gasteiger partial charge in [-0.15, -0.1) is 0 Å². The summed E-state index contributed by atoms with van der Waals surface area (Å²) in [5.41, 5.74) is 1.37. The average Bonchev–Trinajstić information content (AvgIpc) is 2.80. The van der Waals surface area contributed by atoms with Crippen molar-refractivity contribution in [3.63, 3.8) is 0 Å². The van der Waals surface area contributed by atoms with Gasteiger partial charge in [-0.05, 0) is 16.0 Å². The molecule has 0 aliphatic heterocycles. The lowest BCUT2D eigenvalue weighted by molar-refractivity contribution is -0.389. The molecule has 1 N–H and O–H groups in total. The number of nitrogens with zero attached hydrogens (tertiary/aromatic N) is 3. The third-order valence-electron chi connectivity index (χ3n) is 1.78. The molecule has 0 unspecified atom stereocenters. The van der Waals surface area contributed by atoms with Crippen LogP contribution in [0, 0.1) is 22.0 Å². The van der Waals surface area contributed by atoms with Gasteiger partial charge in [-0.1, -0.05) is 11.8 Å². The summed E-state index contributed by atoms with van der Waals surface area (Å²) in [5, 5.41) is 16.7. The van der Waals surface area contributed by atoms with E-state index in [0.29, 0.717) is 5.56 Å². The van der Waals surface area contributed by atoms with E-state index in [0.717, 1.165) is 5.56 Å². The van der Waals surface area contributed by atoms with Crippen molar-refractivity contribution in [3.05, 3.63) is 52.0 Å². The van der Waals surface area contributed by atoms with Gasteiger partial charge in [-0.3, -0.25) is 5.10 Å². The Morgan fingerprint density at radius 3 is 2.62 bits per heavy atom. The van der Waals surface area contributed by atoms with Crippen LogP contribution in [0.2, 0.25) is 0 Å². The fourth-order valence-corrected chi connectivity index (χ4v) is 1.03. The number of pyridine rings is 1. The lowest BCUT2D eigenvalue weighted by Crippen LogP contribution is -1.91. The van der Waals surface area contributed by atoms with E-state index in [2.05, 4.69) is 27.0 Å². The number of hydrogen-bond donors (Lipinski definition) is 1. The van der Waals surface area contributed by atoms with Crippen LogP contribution < -0.4 is 0 Å². The average molecular weight is 214 g/mol. The zero-order valence-corrected chi connectivity index (χ0v) is 8.04. The van der Waals surface area contributed by atoms with E-state index in [1.807, 2.05) is 0 Å². The van der Waals surface area contributed by atoms with E-state index in [1.54, 1.807) is 18.5 Å². The second kappa shape index (κ2) is 4.23. The standard InChI is InChI=1S/C10H6N4O2/c15-14(16)10-4-3-8(5-11-10)1-2-9-6-12-13-7-9/h3-7H,(H,12,13). The second-order valence-corrected chi connectivity index (χ2v) is 2.90. The van der Waals surface area contributed by atoms with Crippen LogP contribution in [0.3, 0.4) is 0 Å². The van der Waals surface area contributed by atoms with Gasteiger partial charge >= 0.3 is 5.82 Å². The van der Waals surface area contributed by atoms with Gasteiger partial charge in [0.25, 0.3) is 0 Å². The van der Waals surface area contributed by atoms with E-state index in [-0.39, 0.29) is 5.82 Å². The van der Waals surface area contributed by atoms with Crippen LogP contribution in [0.15, 0.2) is 30.7 Å². The zero-order chi connectivity index (χ0) is 11.4. The molecule has 0 aromatic carbocycles. The number of nitro groups is 1. The molecule has 0 saturated heterocycles. The summed E-state index contributed by atoms with van der Waals surface area (Å²) >= 11 is 0. The van der Waals surface area contributed by atoms with E-state index in [9.17, 15) is 10.1 Å². The maximum absolute atomic E-state index is 10.4. The molecule has 6 nitrogen and oxygen atoms in total. The summed E-state index contributed by atoms with van der Waals surface area (Å²) in [6.07, 6.45) is 4.61. The normalized spacial score (nSPS) is 9.25. The highest BCUT2D eigenvalue weighted by Crippen LogP contribution is 2.06. The van der Waals surface area contributed by atoms with Gasteiger partial charge in [0.1, 0.15) is 0 Å². The fourth-order valence-electron chi connectivity index (χ4n) is 1.03. The molecule has 0 aliphatic rings. The summed E-state index contributed by atoms with van der Waals surface area (Å²) in [7, 11) is 0. The molecular formula is C10H6N4O2. The number of nitrogens with one attached hydrogen (secondary N) is 1. The molecule has 2 aromatic rings. The van der Waals surface area contributed by atoms with Crippen LogP contribution in [0.25, 0.3) is 0 Å². The highest BCUT2D eigenvalue weighted by Gasteiger charge is 2.04. The molecule has 2 rings (SSSR count). The molecule has 16 heavy (non-hydrogen) atoms. The van der Waals surface area contributed by atoms with Crippen LogP contribution in [-0.2, 0) is 0 Å². The topological polar surface area (TPSA) is 84.7 Å². The molecule has 2 heterocycles. The first-order valence-electron chi connectivity index (χ1n) is 4.37. The maximum atomic E-state index is 10.4. The molecule has 0 fully saturated rings. The van der Waals surface area contributed by atoms with Gasteiger partial charge in [0.15, 0.2) is 6.20 Å². The minimum atomic E-state index is -0.548. The van der Waals surface area contributed by atoms with Crippen LogP contribution in [-0.4, -0.2) is 20.1 Å². The first kappa shape index (κ1) is 9.86. The van der Waals surface area contributed by atoms with Crippen LogP contribution >= 0.6 is 0 Å². The lowest BCUT2D eigenvalue weighted by atomic mass is 10.2. The van der Waals surface area contributed by atoms with Gasteiger partial charge in [-0.25, -0.2) is 0 Å². The predicted octanol–water partition coefficient (Wildman–Crippen LogP) is 1.11. The van der Waals surface area contributed by atoms with Crippen molar-refractivity contribution in [1.29, 1.82) is 0 Å². The summed E-state index contributed by atoms with van der Waals surface area (Å²) in [6, 6.07) is 2.87. The number of hydrogen-bond acceptors (Lipinski definition) is 4. The summed E-state index contributed by atoms with van der Waals surface area (Å²) in [6.45, 7) is 0. The number of H-pyrrole nitrogens is 1. The van der Waals surface area contributed by atoms with Crippen LogP contribution in [0.4, 0.5) is 5.82 Å². The minimum absolute atomic E-state index is 0.186. The third kappa shape index (κ3) is 2.22. The second-order valence-electron chi connectivity index (χ2n) is 2.90. The molecule has 0 amide bonds. The van der Waals surface area contributed by atoms with Gasteiger partial charge in [-0.2, -0.15) is 5.10 Å². The monoisotopic (exact) mass is 214 g/mol. The largest absolute Gasteiger partial charge is 0.363 e. The SMILES string of the molecule is O=[N+]([O-])c1ccc(C#Cc2cn[nH]c2)cn1. The van der Waals surface area contributed by atoms with Crippen molar-refractivity contribution in [3.8, 4) is 11.8 Å². The van der Waals surface area contributed by atoms with Crippen molar-refractivity contribution < 1.29 is 4.92 Å². The van der Waals surface area contributed by atoms with Crippen molar-refractivity contribution in [2.75, 3.05) is 0 Å². The molecule has 0 aliphatic carbocycles. The first-order chi connectivity index (χ1) is 7.75. The molecule has 0 spiro atoms. The molecule has 78 valence electrons. The Labute approximate surface area is 90.5 Å². The van der Waals surface area contributed by atoms with Gasteiger partial charge < -0.3 is 10.1 Å². The molecule has 0 radical (unpaired) electrons. The van der Waals surface area contributed by atoms with Crippen LogP contribution in [0.5, 0.6) is 0 Å². The molecule has 0 saturated carbocycles. The number of aromatic amines is 1. The summed E-state index contributed by atoms with van der Waals surface area (Å²) in [5.74, 6) is 5.47. The third-order valence-corrected chi connectivity index (χ3v) is 1.78. The number of rotatable bonds is 1. The molecule has 2 aromatic heterocycles.